The molecule has 0 rings (SSSR count). The van der Waals surface area contributed by atoms with Gasteiger partial charge in [0.25, 0.3) is 0 Å². The Labute approximate surface area is 72.6 Å². The number of halogens is 1. The largest absolute Gasteiger partial charge is 0.333 e. The first kappa shape index (κ1) is 14.3. The van der Waals surface area contributed by atoms with Gasteiger partial charge >= 0.3 is 10.3 Å². The van der Waals surface area contributed by atoms with Gasteiger partial charge in [0, 0.05) is 6.54 Å². The number of unbranched alkanes of at least 4 members (excludes halogenated alkanes) is 3. The van der Waals surface area contributed by atoms with Crippen LogP contribution >= 0.6 is 0 Å². The molecule has 0 atom stereocenters. The zero-order chi connectivity index (χ0) is 8.74. The fraction of sp³-hybridized carbons (Fsp3) is 1.00. The molecule has 0 aromatic heterocycles. The first-order valence-electron chi connectivity index (χ1n) is 3.78. The first-order chi connectivity index (χ1) is 5.06. The lowest BCUT2D eigenvalue weighted by atomic mass is 10.2. The van der Waals surface area contributed by atoms with Gasteiger partial charge in [0.05, 0.1) is 0 Å². The van der Waals surface area contributed by atoms with Gasteiger partial charge < -0.3 is 0 Å². The highest BCUT2D eigenvalue weighted by molar-refractivity contribution is 7.83. The summed E-state index contributed by atoms with van der Waals surface area (Å²) in [6.45, 7) is 2.41. The topological polar surface area (TPSA) is 66.4 Å². The smallest absolute Gasteiger partial charge is 0.273 e. The van der Waals surface area contributed by atoms with Gasteiger partial charge in [-0.25, -0.2) is 0 Å². The molecule has 0 unspecified atom stereocenters. The van der Waals surface area contributed by atoms with Crippen molar-refractivity contribution in [3.8, 4) is 0 Å². The van der Waals surface area contributed by atoms with Gasteiger partial charge in [-0.05, 0) is 6.42 Å². The van der Waals surface area contributed by atoms with Crippen LogP contribution < -0.4 is 4.72 Å². The maximum absolute atomic E-state index is 10.1. The van der Waals surface area contributed by atoms with E-state index < -0.39 is 10.3 Å². The van der Waals surface area contributed by atoms with E-state index in [1.807, 2.05) is 4.72 Å². The quantitative estimate of drug-likeness (QED) is 0.499. The molecule has 0 aliphatic heterocycles. The fourth-order valence-corrected chi connectivity index (χ4v) is 1.16. The molecule has 0 saturated carbocycles. The van der Waals surface area contributed by atoms with Gasteiger partial charge in [-0.1, -0.05) is 26.2 Å². The second-order valence-electron chi connectivity index (χ2n) is 2.43. The van der Waals surface area contributed by atoms with Gasteiger partial charge in [0.2, 0.25) is 0 Å². The molecule has 2 N–H and O–H groups in total. The number of hydrogen-bond acceptors (Lipinski definition) is 2. The summed E-state index contributed by atoms with van der Waals surface area (Å²) in [5, 5.41) is 0. The standard InChI is InChI=1S/C6H15NO3S.FH/c1-2-3-4-5-6-7-11(8,9)10;/h7H,2-6H2,1H3,(H,8,9,10);1H. The predicted octanol–water partition coefficient (Wildman–Crippen LogP) is 1.11. The molecule has 0 aromatic carbocycles. The van der Waals surface area contributed by atoms with Crippen molar-refractivity contribution in [1.82, 2.24) is 4.72 Å². The normalized spacial score (nSPS) is 10.8. The Bertz CT molecular complexity index is 181. The zero-order valence-electron chi connectivity index (χ0n) is 7.12. The molecule has 0 aliphatic rings. The van der Waals surface area contributed by atoms with Gasteiger partial charge in [-0.2, -0.15) is 13.1 Å². The molecule has 0 spiro atoms. The minimum atomic E-state index is -3.96. The third-order valence-electron chi connectivity index (χ3n) is 1.31. The van der Waals surface area contributed by atoms with Crippen LogP contribution in [0, 0.1) is 0 Å². The Morgan fingerprint density at radius 1 is 1.25 bits per heavy atom. The Morgan fingerprint density at radius 3 is 2.25 bits per heavy atom. The van der Waals surface area contributed by atoms with Crippen LogP contribution in [0.3, 0.4) is 0 Å². The Morgan fingerprint density at radius 2 is 1.83 bits per heavy atom. The van der Waals surface area contributed by atoms with Crippen molar-refractivity contribution in [2.24, 2.45) is 0 Å². The summed E-state index contributed by atoms with van der Waals surface area (Å²) in [5.41, 5.74) is 0. The Hall–Kier alpha value is -0.200. The van der Waals surface area contributed by atoms with Gasteiger partial charge in [0.15, 0.2) is 0 Å². The van der Waals surface area contributed by atoms with Crippen molar-refractivity contribution in [2.45, 2.75) is 32.6 Å². The van der Waals surface area contributed by atoms with E-state index in [0.717, 1.165) is 25.7 Å². The second kappa shape index (κ2) is 7.45. The predicted molar refractivity (Wildman–Crippen MR) is 46.2 cm³/mol. The van der Waals surface area contributed by atoms with Crippen LogP contribution in [0.2, 0.25) is 0 Å². The molecule has 0 aliphatic carbocycles. The summed E-state index contributed by atoms with van der Waals surface area (Å²) in [4.78, 5) is 0. The molecule has 0 radical (unpaired) electrons. The number of hydrogen-bond donors (Lipinski definition) is 2. The average Bonchev–Trinajstić information content (AvgIpc) is 1.85. The van der Waals surface area contributed by atoms with E-state index in [1.165, 1.54) is 0 Å². The van der Waals surface area contributed by atoms with Crippen LogP contribution in [0.15, 0.2) is 0 Å². The summed E-state index contributed by atoms with van der Waals surface area (Å²) < 4.78 is 30.5. The SMILES string of the molecule is CCCCCCNS(=O)(=O)O.F. The van der Waals surface area contributed by atoms with Crippen LogP contribution in [-0.4, -0.2) is 19.5 Å². The summed E-state index contributed by atoms with van der Waals surface area (Å²) in [6.07, 6.45) is 4.01. The highest BCUT2D eigenvalue weighted by Crippen LogP contribution is 1.97. The maximum Gasteiger partial charge on any atom is 0.333 e. The van der Waals surface area contributed by atoms with E-state index in [0.29, 0.717) is 6.54 Å². The highest BCUT2D eigenvalue weighted by Gasteiger charge is 1.99. The molecule has 0 saturated heterocycles. The molecule has 76 valence electrons. The van der Waals surface area contributed by atoms with Crippen LogP contribution in [0.25, 0.3) is 0 Å². The fourth-order valence-electron chi connectivity index (χ4n) is 0.753. The van der Waals surface area contributed by atoms with E-state index in [-0.39, 0.29) is 4.70 Å². The van der Waals surface area contributed by atoms with E-state index in [1.54, 1.807) is 0 Å². The molecule has 0 amide bonds. The van der Waals surface area contributed by atoms with Crippen molar-refractivity contribution in [2.75, 3.05) is 6.54 Å². The van der Waals surface area contributed by atoms with Crippen molar-refractivity contribution < 1.29 is 17.7 Å². The Kier molecular flexibility index (Phi) is 8.90. The lowest BCUT2D eigenvalue weighted by Gasteiger charge is -1.99. The molecule has 0 bridgehead atoms. The third-order valence-corrected chi connectivity index (χ3v) is 1.88. The minimum absolute atomic E-state index is 0. The van der Waals surface area contributed by atoms with Crippen LogP contribution in [0.5, 0.6) is 0 Å². The molecular weight excluding hydrogens is 185 g/mol. The summed E-state index contributed by atoms with van der Waals surface area (Å²) in [5.74, 6) is 0. The minimum Gasteiger partial charge on any atom is -0.273 e. The first-order valence-corrected chi connectivity index (χ1v) is 5.22. The second-order valence-corrected chi connectivity index (χ2v) is 3.67. The van der Waals surface area contributed by atoms with Crippen molar-refractivity contribution in [1.29, 1.82) is 0 Å². The maximum atomic E-state index is 10.1. The van der Waals surface area contributed by atoms with Gasteiger partial charge in [-0.3, -0.25) is 9.26 Å². The Balaban J connectivity index is 0. The van der Waals surface area contributed by atoms with Crippen molar-refractivity contribution in [3.05, 3.63) is 0 Å². The van der Waals surface area contributed by atoms with E-state index in [9.17, 15) is 8.42 Å². The number of rotatable bonds is 6. The van der Waals surface area contributed by atoms with E-state index in [2.05, 4.69) is 6.92 Å². The molecule has 0 heterocycles. The lowest BCUT2D eigenvalue weighted by molar-refractivity contribution is 0.465. The van der Waals surface area contributed by atoms with Crippen LogP contribution in [0.1, 0.15) is 32.6 Å². The van der Waals surface area contributed by atoms with Crippen LogP contribution in [-0.2, 0) is 10.3 Å². The molecular formula is C6H16FNO3S. The molecule has 4 nitrogen and oxygen atoms in total. The zero-order valence-corrected chi connectivity index (χ0v) is 7.93. The lowest BCUT2D eigenvalue weighted by Crippen LogP contribution is -2.23. The average molecular weight is 201 g/mol. The highest BCUT2D eigenvalue weighted by atomic mass is 32.2. The van der Waals surface area contributed by atoms with E-state index in [4.69, 9.17) is 4.55 Å². The summed E-state index contributed by atoms with van der Waals surface area (Å²) in [7, 11) is -3.96. The molecule has 12 heavy (non-hydrogen) atoms. The summed E-state index contributed by atoms with van der Waals surface area (Å²) >= 11 is 0. The monoisotopic (exact) mass is 201 g/mol. The summed E-state index contributed by atoms with van der Waals surface area (Å²) in [6, 6.07) is 0. The van der Waals surface area contributed by atoms with Gasteiger partial charge in [-0.15, -0.1) is 0 Å². The van der Waals surface area contributed by atoms with Gasteiger partial charge in [0.1, 0.15) is 0 Å². The molecule has 0 fully saturated rings. The van der Waals surface area contributed by atoms with Crippen molar-refractivity contribution in [3.63, 3.8) is 0 Å². The van der Waals surface area contributed by atoms with Crippen LogP contribution in [0.4, 0.5) is 4.70 Å². The molecule has 6 heteroatoms. The number of nitrogens with one attached hydrogen (secondary N) is 1. The van der Waals surface area contributed by atoms with Crippen molar-refractivity contribution >= 4 is 10.3 Å². The third kappa shape index (κ3) is 12.5. The molecule has 0 aromatic rings. The van der Waals surface area contributed by atoms with E-state index >= 15 is 0 Å².